The molecule has 1 saturated heterocycles. The second-order valence-corrected chi connectivity index (χ2v) is 20.9. The molecular weight excluding hydrogens is 967 g/mol. The number of hydrogen-bond donors (Lipinski definition) is 6. The number of aliphatic hydroxyl groups excluding tert-OH is 1. The number of β-amino-alcohol motifs (C(OH)–C–C–N with tert-alkyl or cyclic N) is 1. The summed E-state index contributed by atoms with van der Waals surface area (Å²) in [4.78, 5) is 87.0. The number of carbonyl (C=O) groups excluding carboxylic acids is 5. The van der Waals surface area contributed by atoms with Gasteiger partial charge in [-0.3, -0.25) is 24.0 Å². The van der Waals surface area contributed by atoms with Gasteiger partial charge in [-0.05, 0) is 60.9 Å². The molecule has 1 saturated carbocycles. The molecule has 5 amide bonds. The molecule has 74 heavy (non-hydrogen) atoms. The average Bonchev–Trinajstić information content (AvgIpc) is 4.18. The predicted molar refractivity (Wildman–Crippen MR) is 284 cm³/mol. The molecule has 0 bridgehead atoms. The quantitative estimate of drug-likeness (QED) is 0.0521. The highest BCUT2D eigenvalue weighted by molar-refractivity contribution is 7.13. The van der Waals surface area contributed by atoms with Crippen molar-refractivity contribution >= 4 is 64.0 Å². The first kappa shape index (κ1) is 55.5. The molecule has 7 rings (SSSR count). The molecule has 2 fully saturated rings. The molecule has 20 nitrogen and oxygen atoms in total. The van der Waals surface area contributed by atoms with Crippen LogP contribution in [0.25, 0.3) is 10.4 Å². The zero-order chi connectivity index (χ0) is 52.9. The highest BCUT2D eigenvalue weighted by Gasteiger charge is 2.45. The van der Waals surface area contributed by atoms with E-state index in [-0.39, 0.29) is 74.8 Å². The molecule has 0 spiro atoms. The van der Waals surface area contributed by atoms with E-state index in [0.29, 0.717) is 68.0 Å². The van der Waals surface area contributed by atoms with Gasteiger partial charge in [0, 0.05) is 64.2 Å². The Bertz CT molecular complexity index is 2570. The van der Waals surface area contributed by atoms with Gasteiger partial charge in [-0.2, -0.15) is 4.98 Å². The number of rotatable bonds is 24. The van der Waals surface area contributed by atoms with Crippen molar-refractivity contribution in [1.29, 1.82) is 0 Å². The van der Waals surface area contributed by atoms with E-state index in [1.807, 2.05) is 64.4 Å². The Hall–Kier alpha value is -6.26. The topological polar surface area (TPSA) is 242 Å². The van der Waals surface area contributed by atoms with Crippen LogP contribution >= 0.6 is 11.3 Å². The maximum absolute atomic E-state index is 14.0. The Morgan fingerprint density at radius 1 is 0.946 bits per heavy atom. The van der Waals surface area contributed by atoms with Crippen LogP contribution in [-0.2, 0) is 35.2 Å². The summed E-state index contributed by atoms with van der Waals surface area (Å²) in [6, 6.07) is 11.1. The number of carbonyl (C=O) groups is 5. The largest absolute Gasteiger partial charge is 0.495 e. The monoisotopic (exact) mass is 1040 g/mol. The summed E-state index contributed by atoms with van der Waals surface area (Å²) in [6.07, 6.45) is 6.00. The molecule has 3 aliphatic rings. The average molecular weight is 1040 g/mol. The van der Waals surface area contributed by atoms with Crippen LogP contribution in [0.5, 0.6) is 5.75 Å². The fourth-order valence-electron chi connectivity index (χ4n) is 9.65. The fourth-order valence-corrected chi connectivity index (χ4v) is 10.5. The maximum atomic E-state index is 14.0. The van der Waals surface area contributed by atoms with Crippen LogP contribution in [-0.4, -0.2) is 152 Å². The number of likely N-dealkylation sites (tertiary alicyclic amines) is 1. The molecule has 2 aromatic carbocycles. The number of benzene rings is 2. The van der Waals surface area contributed by atoms with Crippen LogP contribution < -0.4 is 41.1 Å². The Morgan fingerprint density at radius 2 is 1.68 bits per heavy atom. The van der Waals surface area contributed by atoms with Gasteiger partial charge in [0.25, 0.3) is 5.91 Å². The van der Waals surface area contributed by atoms with E-state index in [0.717, 1.165) is 53.2 Å². The van der Waals surface area contributed by atoms with Gasteiger partial charge in [-0.1, -0.05) is 64.8 Å². The molecule has 2 aromatic heterocycles. The lowest BCUT2D eigenvalue weighted by atomic mass is 9.85. The van der Waals surface area contributed by atoms with Crippen molar-refractivity contribution in [2.24, 2.45) is 5.41 Å². The van der Waals surface area contributed by atoms with Gasteiger partial charge in [0.05, 0.1) is 67.6 Å². The number of anilines is 4. The summed E-state index contributed by atoms with van der Waals surface area (Å²) < 4.78 is 17.0. The normalized spacial score (nSPS) is 18.3. The van der Waals surface area contributed by atoms with E-state index in [1.165, 1.54) is 12.0 Å². The van der Waals surface area contributed by atoms with Crippen molar-refractivity contribution in [1.82, 2.24) is 41.1 Å². The summed E-state index contributed by atoms with van der Waals surface area (Å²) in [5.41, 5.74) is 5.72. The van der Waals surface area contributed by atoms with E-state index in [2.05, 4.69) is 41.5 Å². The summed E-state index contributed by atoms with van der Waals surface area (Å²) in [5, 5.41) is 25.7. The Labute approximate surface area is 437 Å². The first-order valence-electron chi connectivity index (χ1n) is 25.6. The minimum atomic E-state index is -0.920. The van der Waals surface area contributed by atoms with Crippen molar-refractivity contribution in [3.8, 4) is 16.2 Å². The van der Waals surface area contributed by atoms with E-state index >= 15 is 0 Å². The van der Waals surface area contributed by atoms with Gasteiger partial charge >= 0.3 is 0 Å². The summed E-state index contributed by atoms with van der Waals surface area (Å²) >= 11 is 1.57. The first-order valence-corrected chi connectivity index (χ1v) is 26.5. The Kier molecular flexibility index (Phi) is 19.3. The second kappa shape index (κ2) is 25.8. The number of thiazole rings is 1. The molecule has 4 atom stereocenters. The fraction of sp³-hybridized carbons (Fsp3) is 0.547. The smallest absolute Gasteiger partial charge is 0.251 e. The van der Waals surface area contributed by atoms with E-state index in [9.17, 15) is 29.1 Å². The molecule has 0 radical (unpaired) electrons. The number of hydrogen-bond acceptors (Lipinski definition) is 16. The number of methoxy groups -OCH3 is 1. The zero-order valence-corrected chi connectivity index (χ0v) is 44.5. The standard InChI is InChI=1S/C53H73N11O9S/c1-8-40-50(69)62(6)42-30-57-52(61-47(42)64(40)37-11-9-10-12-37)59-39-18-17-36(27-43(39)71-7)48(67)55-22-24-73-26-25-72-23-21-54-20-19-44(66)60-46(53(3,4)5)51(70)63-31-38(65)28-41(63)49(68)56-29-34-13-15-35(16-14-34)45-33(2)58-32-74-45/h13-18,27,30,32,37-38,40-41,46,54,65H,8-12,19-26,28-29,31H2,1-7H3,(H,55,67)(H,56,68)(H,60,66)(H,57,59,61)/t38-,40-,41+,46?/m1/s1. The molecule has 1 unspecified atom stereocenters. The third-order valence-electron chi connectivity index (χ3n) is 13.7. The van der Waals surface area contributed by atoms with Crippen molar-refractivity contribution < 1.29 is 43.3 Å². The highest BCUT2D eigenvalue weighted by Crippen LogP contribution is 2.40. The number of nitrogens with one attached hydrogen (secondary N) is 5. The number of fused-ring (bicyclic) bond motifs is 1. The predicted octanol–water partition coefficient (Wildman–Crippen LogP) is 4.72. The second-order valence-electron chi connectivity index (χ2n) is 20.0. The molecule has 21 heteroatoms. The summed E-state index contributed by atoms with van der Waals surface area (Å²) in [5.74, 6) is 0.193. The zero-order valence-electron chi connectivity index (χ0n) is 43.7. The van der Waals surface area contributed by atoms with Crippen molar-refractivity contribution in [3.05, 3.63) is 71.0 Å². The third-order valence-corrected chi connectivity index (χ3v) is 14.7. The number of nitrogens with zero attached hydrogens (tertiary/aromatic N) is 6. The highest BCUT2D eigenvalue weighted by atomic mass is 32.1. The molecule has 4 aromatic rings. The number of likely N-dealkylation sites (N-methyl/N-ethyl adjacent to an activating group) is 1. The number of aryl methyl sites for hydroxylation is 1. The van der Waals surface area contributed by atoms with Crippen LogP contribution in [0.2, 0.25) is 0 Å². The summed E-state index contributed by atoms with van der Waals surface area (Å²) in [7, 11) is 3.30. The SMILES string of the molecule is CC[C@@H]1C(=O)N(C)c2cnc(Nc3ccc(C(=O)NCCOCCOCCNCCC(=O)NC(C(=O)N4C[C@H](O)C[C@H]4C(=O)NCc4ccc(-c5scnc5C)cc4)C(C)(C)C)cc3OC)nc2N1C1CCCC1. The van der Waals surface area contributed by atoms with Crippen LogP contribution in [0.15, 0.2) is 54.2 Å². The summed E-state index contributed by atoms with van der Waals surface area (Å²) in [6.45, 7) is 12.2. The van der Waals surface area contributed by atoms with Crippen LogP contribution in [0.1, 0.15) is 94.3 Å². The van der Waals surface area contributed by atoms with Crippen LogP contribution in [0.3, 0.4) is 0 Å². The lowest BCUT2D eigenvalue weighted by Gasteiger charge is -2.43. The maximum Gasteiger partial charge on any atom is 0.251 e. The molecule has 6 N–H and O–H groups in total. The van der Waals surface area contributed by atoms with Gasteiger partial charge in [0.1, 0.15) is 29.6 Å². The lowest BCUT2D eigenvalue weighted by Crippen LogP contribution is -2.57. The number of aliphatic hydroxyl groups is 1. The van der Waals surface area contributed by atoms with Crippen molar-refractivity contribution in [2.75, 3.05) is 81.9 Å². The van der Waals surface area contributed by atoms with Gasteiger partial charge in [0.15, 0.2) is 5.82 Å². The lowest BCUT2D eigenvalue weighted by molar-refractivity contribution is -0.144. The minimum absolute atomic E-state index is 0.00514. The van der Waals surface area contributed by atoms with E-state index in [4.69, 9.17) is 19.2 Å². The van der Waals surface area contributed by atoms with Crippen LogP contribution in [0.4, 0.5) is 23.1 Å². The van der Waals surface area contributed by atoms with Crippen molar-refractivity contribution in [3.63, 3.8) is 0 Å². The van der Waals surface area contributed by atoms with Crippen molar-refractivity contribution in [2.45, 2.75) is 116 Å². The van der Waals surface area contributed by atoms with Gasteiger partial charge in [-0.15, -0.1) is 11.3 Å². The Balaban J connectivity index is 0.765. The van der Waals surface area contributed by atoms with Crippen LogP contribution in [0, 0.1) is 12.3 Å². The molecular formula is C53H73N11O9S. The molecule has 2 aliphatic heterocycles. The third kappa shape index (κ3) is 13.9. The van der Waals surface area contributed by atoms with Gasteiger partial charge in [0.2, 0.25) is 29.6 Å². The van der Waals surface area contributed by atoms with E-state index < -0.39 is 29.5 Å². The number of aromatic nitrogens is 3. The molecule has 4 heterocycles. The molecule has 400 valence electrons. The number of ether oxygens (including phenoxy) is 3. The minimum Gasteiger partial charge on any atom is -0.495 e. The molecule has 1 aliphatic carbocycles. The van der Waals surface area contributed by atoms with E-state index in [1.54, 1.807) is 47.7 Å². The number of amides is 5. The Morgan fingerprint density at radius 3 is 2.35 bits per heavy atom. The van der Waals surface area contributed by atoms with Gasteiger partial charge < -0.3 is 60.6 Å². The first-order chi connectivity index (χ1) is 35.6. The van der Waals surface area contributed by atoms with Gasteiger partial charge in [-0.25, -0.2) is 9.97 Å².